The number of aliphatic hydroxyl groups excluding tert-OH is 2. The molecule has 0 aliphatic carbocycles. The van der Waals surface area contributed by atoms with Gasteiger partial charge in [0.1, 0.15) is 17.7 Å². The third-order valence-corrected chi connectivity index (χ3v) is 5.47. The van der Waals surface area contributed by atoms with Gasteiger partial charge in [0.15, 0.2) is 17.7 Å². The summed E-state index contributed by atoms with van der Waals surface area (Å²) in [6, 6.07) is 0. The van der Waals surface area contributed by atoms with E-state index in [2.05, 4.69) is 40.3 Å². The number of thioether (sulfide) groups is 1. The highest BCUT2D eigenvalue weighted by Gasteiger charge is 2.44. The van der Waals surface area contributed by atoms with Crippen molar-refractivity contribution in [3.05, 3.63) is 24.8 Å². The number of hydrogen-bond acceptors (Lipinski definition) is 8. The zero-order valence-electron chi connectivity index (χ0n) is 15.8. The van der Waals surface area contributed by atoms with Crippen LogP contribution >= 0.6 is 11.8 Å². The van der Waals surface area contributed by atoms with Crippen LogP contribution in [0.4, 0.5) is 5.82 Å². The van der Waals surface area contributed by atoms with Crippen molar-refractivity contribution in [1.82, 2.24) is 19.5 Å². The van der Waals surface area contributed by atoms with Crippen LogP contribution in [-0.2, 0) is 4.74 Å². The molecule has 2 unspecified atom stereocenters. The number of unbranched alkanes of at least 4 members (excludes halogenated alkanes) is 2. The van der Waals surface area contributed by atoms with Gasteiger partial charge in [-0.1, -0.05) is 25.3 Å². The third kappa shape index (κ3) is 4.31. The van der Waals surface area contributed by atoms with Gasteiger partial charge in [-0.2, -0.15) is 11.8 Å². The van der Waals surface area contributed by atoms with Gasteiger partial charge in [0.2, 0.25) is 5.82 Å². The van der Waals surface area contributed by atoms with E-state index in [1.165, 1.54) is 6.33 Å². The maximum absolute atomic E-state index is 10.5. The number of ether oxygens (including phenoxy) is 1. The van der Waals surface area contributed by atoms with Crippen molar-refractivity contribution in [2.75, 3.05) is 17.2 Å². The van der Waals surface area contributed by atoms with Gasteiger partial charge < -0.3 is 20.7 Å². The molecule has 0 radical (unpaired) electrons. The molecule has 2 aromatic rings. The molecule has 0 aromatic carbocycles. The molecule has 0 spiro atoms. The van der Waals surface area contributed by atoms with Crippen LogP contribution in [0.2, 0.25) is 0 Å². The van der Waals surface area contributed by atoms with E-state index in [1.54, 1.807) is 22.4 Å². The van der Waals surface area contributed by atoms with Gasteiger partial charge in [0.05, 0.1) is 12.4 Å². The second-order valence-corrected chi connectivity index (χ2v) is 7.61. The molecule has 8 nitrogen and oxygen atoms in total. The standard InChI is InChI=1S/C19H25N5O3S/c1-3-5-6-7-8-13-22-17(20)14-18(23-13)24(11-21-14)19-16(26)15(25)12(27-19)10-28-9-4-2/h4,11-12,15-16,19,25-26H,2-3,5-6,9-10H2,1H3,(H2,20,22,23)/t12-,15?,16?,19-/m1/s1. The molecule has 4 atom stereocenters. The summed E-state index contributed by atoms with van der Waals surface area (Å²) in [7, 11) is 0. The molecule has 0 amide bonds. The lowest BCUT2D eigenvalue weighted by Gasteiger charge is -2.16. The molecule has 0 bridgehead atoms. The maximum atomic E-state index is 10.5. The van der Waals surface area contributed by atoms with Crippen molar-refractivity contribution in [2.45, 2.75) is 50.7 Å². The molecule has 3 rings (SSSR count). The van der Waals surface area contributed by atoms with Crippen molar-refractivity contribution in [2.24, 2.45) is 0 Å². The summed E-state index contributed by atoms with van der Waals surface area (Å²) in [4.78, 5) is 12.9. The molecule has 1 aliphatic rings. The number of anilines is 1. The summed E-state index contributed by atoms with van der Waals surface area (Å²) < 4.78 is 7.49. The average molecular weight is 404 g/mol. The van der Waals surface area contributed by atoms with E-state index in [4.69, 9.17) is 10.5 Å². The highest BCUT2D eigenvalue weighted by Crippen LogP contribution is 2.33. The summed E-state index contributed by atoms with van der Waals surface area (Å²) in [5.41, 5.74) is 6.84. The van der Waals surface area contributed by atoms with E-state index in [1.807, 2.05) is 0 Å². The van der Waals surface area contributed by atoms with Crippen LogP contribution in [0.25, 0.3) is 11.2 Å². The third-order valence-electron chi connectivity index (χ3n) is 4.43. The van der Waals surface area contributed by atoms with Gasteiger partial charge in [-0.25, -0.2) is 15.0 Å². The average Bonchev–Trinajstić information content (AvgIpc) is 3.22. The number of nitrogens with two attached hydrogens (primary N) is 1. The number of aromatic nitrogens is 4. The second-order valence-electron chi connectivity index (χ2n) is 6.53. The van der Waals surface area contributed by atoms with Crippen molar-refractivity contribution >= 4 is 28.7 Å². The van der Waals surface area contributed by atoms with Crippen LogP contribution in [0.15, 0.2) is 19.0 Å². The molecule has 2 aromatic heterocycles. The quantitative estimate of drug-likeness (QED) is 0.361. The number of nitrogen functional groups attached to an aromatic ring is 1. The first kappa shape index (κ1) is 20.6. The molecule has 1 aliphatic heterocycles. The van der Waals surface area contributed by atoms with Crippen molar-refractivity contribution < 1.29 is 14.9 Å². The predicted octanol–water partition coefficient (Wildman–Crippen LogP) is 1.49. The first-order chi connectivity index (χ1) is 13.6. The van der Waals surface area contributed by atoms with Crippen LogP contribution in [0.1, 0.15) is 38.2 Å². The summed E-state index contributed by atoms with van der Waals surface area (Å²) in [5.74, 6) is 7.76. The SMILES string of the molecule is C=CCSC[C@H]1O[C@@H](n2cnc3c(N)nc(C#CCCCC)nc32)C(O)C1O. The summed E-state index contributed by atoms with van der Waals surface area (Å²) in [6.07, 6.45) is 2.67. The fourth-order valence-electron chi connectivity index (χ4n) is 2.95. The number of fused-ring (bicyclic) bond motifs is 1. The van der Waals surface area contributed by atoms with Gasteiger partial charge in [0.25, 0.3) is 0 Å². The molecule has 9 heteroatoms. The fraction of sp³-hybridized carbons (Fsp3) is 0.526. The summed E-state index contributed by atoms with van der Waals surface area (Å²) in [6.45, 7) is 5.78. The summed E-state index contributed by atoms with van der Waals surface area (Å²) in [5, 5.41) is 20.8. The Morgan fingerprint density at radius 1 is 1.39 bits per heavy atom. The Morgan fingerprint density at radius 2 is 2.21 bits per heavy atom. The van der Waals surface area contributed by atoms with Crippen LogP contribution in [0.5, 0.6) is 0 Å². The number of nitrogens with zero attached hydrogens (tertiary/aromatic N) is 4. The van der Waals surface area contributed by atoms with E-state index >= 15 is 0 Å². The van der Waals surface area contributed by atoms with E-state index in [0.29, 0.717) is 22.7 Å². The number of imidazole rings is 1. The number of rotatable bonds is 7. The van der Waals surface area contributed by atoms with Gasteiger partial charge in [-0.3, -0.25) is 4.57 Å². The molecule has 1 saturated heterocycles. The first-order valence-corrected chi connectivity index (χ1v) is 10.4. The van der Waals surface area contributed by atoms with Crippen molar-refractivity contribution in [1.29, 1.82) is 0 Å². The van der Waals surface area contributed by atoms with Gasteiger partial charge in [0, 0.05) is 17.9 Å². The van der Waals surface area contributed by atoms with E-state index < -0.39 is 24.5 Å². The molecule has 1 fully saturated rings. The molecule has 28 heavy (non-hydrogen) atoms. The van der Waals surface area contributed by atoms with Crippen LogP contribution < -0.4 is 5.73 Å². The zero-order chi connectivity index (χ0) is 20.1. The molecule has 150 valence electrons. The van der Waals surface area contributed by atoms with Crippen molar-refractivity contribution in [3.63, 3.8) is 0 Å². The Hall–Kier alpha value is -2.12. The largest absolute Gasteiger partial charge is 0.387 e. The van der Waals surface area contributed by atoms with E-state index in [9.17, 15) is 10.2 Å². The maximum Gasteiger partial charge on any atom is 0.208 e. The Balaban J connectivity index is 1.87. The Bertz CT molecular complexity index is 891. The predicted molar refractivity (Wildman–Crippen MR) is 110 cm³/mol. The second kappa shape index (κ2) is 9.39. The smallest absolute Gasteiger partial charge is 0.208 e. The first-order valence-electron chi connectivity index (χ1n) is 9.26. The highest BCUT2D eigenvalue weighted by atomic mass is 32.2. The Morgan fingerprint density at radius 3 is 2.96 bits per heavy atom. The Kier molecular flexibility index (Phi) is 6.91. The minimum absolute atomic E-state index is 0.217. The number of hydrogen-bond donors (Lipinski definition) is 3. The lowest BCUT2D eigenvalue weighted by atomic mass is 10.1. The molecular formula is C19H25N5O3S. The molecular weight excluding hydrogens is 378 g/mol. The van der Waals surface area contributed by atoms with Crippen molar-refractivity contribution in [3.8, 4) is 11.8 Å². The minimum atomic E-state index is -1.11. The lowest BCUT2D eigenvalue weighted by molar-refractivity contribution is -0.0288. The summed E-state index contributed by atoms with van der Waals surface area (Å²) >= 11 is 1.57. The minimum Gasteiger partial charge on any atom is -0.387 e. The molecule has 4 N–H and O–H groups in total. The van der Waals surface area contributed by atoms with Gasteiger partial charge in [-0.05, 0) is 12.3 Å². The van der Waals surface area contributed by atoms with Gasteiger partial charge in [-0.15, -0.1) is 6.58 Å². The van der Waals surface area contributed by atoms with Crippen LogP contribution in [0, 0.1) is 11.8 Å². The topological polar surface area (TPSA) is 119 Å². The van der Waals surface area contributed by atoms with Gasteiger partial charge >= 0.3 is 0 Å². The number of aliphatic hydroxyl groups is 2. The highest BCUT2D eigenvalue weighted by molar-refractivity contribution is 7.99. The van der Waals surface area contributed by atoms with Crippen LogP contribution in [0.3, 0.4) is 0 Å². The molecule has 0 saturated carbocycles. The lowest BCUT2D eigenvalue weighted by Crippen LogP contribution is -2.32. The fourth-order valence-corrected chi connectivity index (χ4v) is 3.76. The van der Waals surface area contributed by atoms with E-state index in [-0.39, 0.29) is 5.82 Å². The van der Waals surface area contributed by atoms with Crippen LogP contribution in [-0.4, -0.2) is 59.5 Å². The molecule has 3 heterocycles. The normalized spacial score (nSPS) is 24.2. The monoisotopic (exact) mass is 403 g/mol. The van der Waals surface area contributed by atoms with E-state index in [0.717, 1.165) is 25.0 Å². The zero-order valence-corrected chi connectivity index (χ0v) is 16.6. The Labute approximate surface area is 168 Å².